The average molecular weight is 429 g/mol. The van der Waals surface area contributed by atoms with Gasteiger partial charge in [-0.15, -0.1) is 0 Å². The van der Waals surface area contributed by atoms with Gasteiger partial charge in [-0.1, -0.05) is 71.7 Å². The van der Waals surface area contributed by atoms with Crippen LogP contribution in [0.4, 0.5) is 4.39 Å². The Balaban J connectivity index is 2.60. The van der Waals surface area contributed by atoms with E-state index >= 15 is 4.39 Å². The average Bonchev–Trinajstić information content (AvgIpc) is 2.74. The maximum absolute atomic E-state index is 15.3. The van der Waals surface area contributed by atoms with Crippen LogP contribution in [0.1, 0.15) is 98.5 Å². The van der Waals surface area contributed by atoms with Gasteiger partial charge in [-0.2, -0.15) is 0 Å². The maximum atomic E-state index is 15.3. The van der Waals surface area contributed by atoms with E-state index in [1.807, 2.05) is 26.0 Å². The number of carboxylic acids is 1. The van der Waals surface area contributed by atoms with E-state index in [4.69, 9.17) is 4.74 Å². The monoisotopic (exact) mass is 428 g/mol. The molecule has 0 spiro atoms. The third-order valence-electron chi connectivity index (χ3n) is 5.39. The summed E-state index contributed by atoms with van der Waals surface area (Å²) in [6.45, 7) is 9.72. The first-order chi connectivity index (χ1) is 14.7. The lowest BCUT2D eigenvalue weighted by atomic mass is 9.94. The van der Waals surface area contributed by atoms with Crippen molar-refractivity contribution in [3.63, 3.8) is 0 Å². The lowest BCUT2D eigenvalue weighted by Gasteiger charge is -2.23. The minimum atomic E-state index is -1.26. The number of aryl methyl sites for hydroxylation is 1. The minimum Gasteiger partial charge on any atom is -0.478 e. The first kappa shape index (κ1) is 24.6. The fourth-order valence-electron chi connectivity index (χ4n) is 3.66. The van der Waals surface area contributed by atoms with Crippen LogP contribution in [0.25, 0.3) is 0 Å². The minimum absolute atomic E-state index is 0.0647. The van der Waals surface area contributed by atoms with Crippen molar-refractivity contribution in [2.75, 3.05) is 0 Å². The van der Waals surface area contributed by atoms with E-state index < -0.39 is 17.9 Å². The highest BCUT2D eigenvalue weighted by atomic mass is 19.1. The van der Waals surface area contributed by atoms with Gasteiger partial charge in [0.25, 0.3) is 0 Å². The van der Waals surface area contributed by atoms with E-state index in [1.54, 1.807) is 25.1 Å². The number of Topliss-reactive ketones (excluding diaryl/α,β-unsaturated/α-hetero) is 1. The summed E-state index contributed by atoms with van der Waals surface area (Å²) in [5.41, 5.74) is 2.62. The topological polar surface area (TPSA) is 63.6 Å². The van der Waals surface area contributed by atoms with Crippen LogP contribution >= 0.6 is 0 Å². The second-order valence-corrected chi connectivity index (χ2v) is 8.14. The van der Waals surface area contributed by atoms with E-state index in [0.29, 0.717) is 36.3 Å². The lowest BCUT2D eigenvalue weighted by molar-refractivity contribution is -0.145. The molecule has 0 fully saturated rings. The smallest absolute Gasteiger partial charge is 0.349 e. The molecular weight excluding hydrogens is 395 g/mol. The number of hydrogen-bond donors (Lipinski definition) is 1. The van der Waals surface area contributed by atoms with Crippen molar-refractivity contribution in [3.8, 4) is 5.75 Å². The third-order valence-corrected chi connectivity index (χ3v) is 5.39. The van der Waals surface area contributed by atoms with Crippen LogP contribution in [-0.4, -0.2) is 16.9 Å². The Morgan fingerprint density at radius 1 is 1.00 bits per heavy atom. The largest absolute Gasteiger partial charge is 0.478 e. The fraction of sp³-hybridized carbons (Fsp3) is 0.462. The van der Waals surface area contributed by atoms with Crippen LogP contribution in [0.15, 0.2) is 30.3 Å². The van der Waals surface area contributed by atoms with Gasteiger partial charge in [0.1, 0.15) is 11.6 Å². The third kappa shape index (κ3) is 5.72. The first-order valence-electron chi connectivity index (χ1n) is 11.1. The van der Waals surface area contributed by atoms with Crippen LogP contribution < -0.4 is 4.74 Å². The van der Waals surface area contributed by atoms with Crippen molar-refractivity contribution in [2.24, 2.45) is 0 Å². The molecule has 1 unspecified atom stereocenters. The number of carbonyl (C=O) groups is 2. The molecule has 0 aromatic heterocycles. The van der Waals surface area contributed by atoms with Gasteiger partial charge in [-0.25, -0.2) is 9.18 Å². The van der Waals surface area contributed by atoms with Crippen LogP contribution in [0.5, 0.6) is 5.75 Å². The SMILES string of the molecule is CCCc1cc(C(=O)CC)c(F)c(CCC)c1OC(C(=O)O)c1ccc(C(C)C)cc1. The highest BCUT2D eigenvalue weighted by molar-refractivity contribution is 5.97. The van der Waals surface area contributed by atoms with Crippen LogP contribution in [0.3, 0.4) is 0 Å². The summed E-state index contributed by atoms with van der Waals surface area (Å²) in [7, 11) is 0. The number of halogens is 1. The number of carbonyl (C=O) groups excluding carboxylic acids is 1. The zero-order chi connectivity index (χ0) is 23.1. The molecule has 0 radical (unpaired) electrons. The van der Waals surface area contributed by atoms with Gasteiger partial charge in [-0.3, -0.25) is 4.79 Å². The van der Waals surface area contributed by atoms with Crippen molar-refractivity contribution in [1.82, 2.24) is 0 Å². The Bertz CT molecular complexity index is 916. The van der Waals surface area contributed by atoms with Gasteiger partial charge in [0, 0.05) is 17.5 Å². The van der Waals surface area contributed by atoms with Gasteiger partial charge in [0.2, 0.25) is 6.10 Å². The van der Waals surface area contributed by atoms with Gasteiger partial charge < -0.3 is 9.84 Å². The van der Waals surface area contributed by atoms with Crippen molar-refractivity contribution < 1.29 is 23.8 Å². The Morgan fingerprint density at radius 3 is 2.06 bits per heavy atom. The molecule has 0 saturated heterocycles. The summed E-state index contributed by atoms with van der Waals surface area (Å²) in [5, 5.41) is 9.89. The molecule has 4 nitrogen and oxygen atoms in total. The number of ether oxygens (including phenoxy) is 1. The van der Waals surface area contributed by atoms with Crippen LogP contribution in [0, 0.1) is 5.82 Å². The molecule has 0 aliphatic carbocycles. The Hall–Kier alpha value is -2.69. The second kappa shape index (κ2) is 11.1. The number of hydrogen-bond acceptors (Lipinski definition) is 3. The van der Waals surface area contributed by atoms with Gasteiger partial charge in [-0.05, 0) is 36.0 Å². The molecule has 0 amide bonds. The zero-order valence-corrected chi connectivity index (χ0v) is 19.1. The van der Waals surface area contributed by atoms with E-state index in [2.05, 4.69) is 13.8 Å². The summed E-state index contributed by atoms with van der Waals surface area (Å²) in [5.74, 6) is -1.42. The summed E-state index contributed by atoms with van der Waals surface area (Å²) in [6, 6.07) is 8.82. The van der Waals surface area contributed by atoms with Crippen LogP contribution in [0.2, 0.25) is 0 Å². The van der Waals surface area contributed by atoms with E-state index in [1.165, 1.54) is 0 Å². The molecule has 2 aromatic carbocycles. The molecule has 0 saturated carbocycles. The van der Waals surface area contributed by atoms with Crippen molar-refractivity contribution in [1.29, 1.82) is 0 Å². The number of carboxylic acid groups (broad SMARTS) is 1. The number of rotatable bonds is 11. The van der Waals surface area contributed by atoms with E-state index in [0.717, 1.165) is 12.0 Å². The highest BCUT2D eigenvalue weighted by Gasteiger charge is 2.28. The zero-order valence-electron chi connectivity index (χ0n) is 19.1. The molecule has 1 N–H and O–H groups in total. The molecule has 5 heteroatoms. The van der Waals surface area contributed by atoms with E-state index in [9.17, 15) is 14.7 Å². The Kier molecular flexibility index (Phi) is 8.78. The van der Waals surface area contributed by atoms with Crippen molar-refractivity contribution in [3.05, 3.63) is 64.0 Å². The lowest BCUT2D eigenvalue weighted by Crippen LogP contribution is -2.20. The fourth-order valence-corrected chi connectivity index (χ4v) is 3.66. The summed E-state index contributed by atoms with van der Waals surface area (Å²) in [4.78, 5) is 24.4. The molecular formula is C26H33FO4. The predicted molar refractivity (Wildman–Crippen MR) is 121 cm³/mol. The van der Waals surface area contributed by atoms with Crippen molar-refractivity contribution in [2.45, 2.75) is 78.7 Å². The molecule has 2 rings (SSSR count). The molecule has 31 heavy (non-hydrogen) atoms. The summed E-state index contributed by atoms with van der Waals surface area (Å²) in [6.07, 6.45) is 1.27. The second-order valence-electron chi connectivity index (χ2n) is 8.14. The highest BCUT2D eigenvalue weighted by Crippen LogP contribution is 2.36. The van der Waals surface area contributed by atoms with Crippen molar-refractivity contribution >= 4 is 11.8 Å². The number of benzene rings is 2. The normalized spacial score (nSPS) is 12.1. The molecule has 0 aliphatic rings. The number of ketones is 1. The molecule has 2 aromatic rings. The predicted octanol–water partition coefficient (Wildman–Crippen LogP) is 6.65. The van der Waals surface area contributed by atoms with Gasteiger partial charge in [0.15, 0.2) is 5.78 Å². The van der Waals surface area contributed by atoms with E-state index in [-0.39, 0.29) is 29.1 Å². The Labute approximate surface area is 184 Å². The molecule has 0 heterocycles. The summed E-state index contributed by atoms with van der Waals surface area (Å²) < 4.78 is 21.4. The summed E-state index contributed by atoms with van der Waals surface area (Å²) >= 11 is 0. The maximum Gasteiger partial charge on any atom is 0.349 e. The first-order valence-corrected chi connectivity index (χ1v) is 11.1. The molecule has 1 atom stereocenters. The number of aliphatic carboxylic acids is 1. The Morgan fingerprint density at radius 2 is 1.58 bits per heavy atom. The standard InChI is InChI=1S/C26H33FO4/c1-6-9-19-15-21(22(28)8-3)23(27)20(10-7-2)24(19)31-25(26(29)30)18-13-11-17(12-14-18)16(4)5/h11-16,25H,6-10H2,1-5H3,(H,29,30). The molecule has 0 bridgehead atoms. The molecule has 168 valence electrons. The van der Waals surface area contributed by atoms with Gasteiger partial charge >= 0.3 is 5.97 Å². The molecule has 0 aliphatic heterocycles. The van der Waals surface area contributed by atoms with Crippen LogP contribution in [-0.2, 0) is 17.6 Å². The quantitative estimate of drug-likeness (QED) is 0.407. The van der Waals surface area contributed by atoms with Gasteiger partial charge in [0.05, 0.1) is 5.56 Å².